The lowest BCUT2D eigenvalue weighted by molar-refractivity contribution is -0.131. The molecular weight excluding hydrogens is 544 g/mol. The highest BCUT2D eigenvalue weighted by atomic mass is 16.5. The molecule has 1 aliphatic heterocycles. The fourth-order valence-corrected chi connectivity index (χ4v) is 5.17. The van der Waals surface area contributed by atoms with Gasteiger partial charge in [0.25, 0.3) is 5.91 Å². The molecule has 0 aliphatic carbocycles. The average molecular weight is 579 g/mol. The van der Waals surface area contributed by atoms with Crippen LogP contribution in [0.4, 0.5) is 11.4 Å². The minimum absolute atomic E-state index is 0.195. The molecule has 0 unspecified atom stereocenters. The zero-order valence-electron chi connectivity index (χ0n) is 24.6. The second-order valence-electron chi connectivity index (χ2n) is 10.6. The number of carbonyl (C=O) groups excluding carboxylic acids is 3. The van der Waals surface area contributed by atoms with E-state index in [0.29, 0.717) is 41.3 Å². The van der Waals surface area contributed by atoms with E-state index in [1.807, 2.05) is 63.2 Å². The Balaban J connectivity index is 1.53. The molecule has 3 aromatic carbocycles. The van der Waals surface area contributed by atoms with Crippen molar-refractivity contribution >= 4 is 40.0 Å². The van der Waals surface area contributed by atoms with Gasteiger partial charge in [-0.05, 0) is 62.2 Å². The monoisotopic (exact) mass is 578 g/mol. The van der Waals surface area contributed by atoms with Crippen LogP contribution in [-0.2, 0) is 16.1 Å². The summed E-state index contributed by atoms with van der Waals surface area (Å²) in [4.78, 5) is 44.6. The lowest BCUT2D eigenvalue weighted by atomic mass is 10.0. The molecule has 0 bridgehead atoms. The number of hydrogen-bond donors (Lipinski definition) is 2. The predicted molar refractivity (Wildman–Crippen MR) is 164 cm³/mol. The molecule has 0 radical (unpaired) electrons. The molecule has 0 saturated carbocycles. The number of carbonyl (C=O) groups is 3. The van der Waals surface area contributed by atoms with Crippen LogP contribution in [0.2, 0.25) is 0 Å². The molecule has 43 heavy (non-hydrogen) atoms. The van der Waals surface area contributed by atoms with Crippen molar-refractivity contribution < 1.29 is 19.1 Å². The third-order valence-corrected chi connectivity index (χ3v) is 7.78. The maximum Gasteiger partial charge on any atom is 0.253 e. The van der Waals surface area contributed by atoms with Gasteiger partial charge in [0, 0.05) is 23.4 Å². The van der Waals surface area contributed by atoms with Crippen molar-refractivity contribution in [2.24, 2.45) is 5.92 Å². The van der Waals surface area contributed by atoms with Crippen molar-refractivity contribution in [2.45, 2.75) is 52.8 Å². The lowest BCUT2D eigenvalue weighted by Gasteiger charge is -2.27. The number of aromatic nitrogens is 2. The summed E-state index contributed by atoms with van der Waals surface area (Å²) in [5.41, 5.74) is 3.42. The maximum atomic E-state index is 14.1. The SMILES string of the molecule is [C-]#[N+]c1cc(C(=O)NCC)ccc1-n1ncc2c(CN3C(=O)[C@@H](NC(=O)[C@H](C)CC)[C@H](C)Oc4ccccc43)cccc21. The first-order valence-corrected chi connectivity index (χ1v) is 14.4. The molecule has 2 N–H and O–H groups in total. The summed E-state index contributed by atoms with van der Waals surface area (Å²) in [6.07, 6.45) is 1.78. The van der Waals surface area contributed by atoms with E-state index in [-0.39, 0.29) is 30.2 Å². The molecule has 0 spiro atoms. The van der Waals surface area contributed by atoms with Crippen LogP contribution in [0.15, 0.2) is 66.9 Å². The number of nitrogens with one attached hydrogen (secondary N) is 2. The first-order chi connectivity index (χ1) is 20.8. The Hall–Kier alpha value is -5.17. The Kier molecular flexibility index (Phi) is 8.44. The Bertz CT molecular complexity index is 1740. The van der Waals surface area contributed by atoms with E-state index in [2.05, 4.69) is 20.6 Å². The number of hydrogen-bond acceptors (Lipinski definition) is 5. The second-order valence-corrected chi connectivity index (χ2v) is 10.6. The Labute approximate surface area is 250 Å². The summed E-state index contributed by atoms with van der Waals surface area (Å²) in [7, 11) is 0. The zero-order valence-corrected chi connectivity index (χ0v) is 24.6. The highest BCUT2D eigenvalue weighted by molar-refractivity contribution is 6.02. The number of benzene rings is 3. The van der Waals surface area contributed by atoms with E-state index in [9.17, 15) is 14.4 Å². The zero-order chi connectivity index (χ0) is 30.7. The average Bonchev–Trinajstić information content (AvgIpc) is 3.43. The first kappa shape index (κ1) is 29.3. The largest absolute Gasteiger partial charge is 0.486 e. The maximum absolute atomic E-state index is 14.1. The predicted octanol–water partition coefficient (Wildman–Crippen LogP) is 5.17. The summed E-state index contributed by atoms with van der Waals surface area (Å²) in [6, 6.07) is 17.1. The van der Waals surface area contributed by atoms with E-state index >= 15 is 0 Å². The summed E-state index contributed by atoms with van der Waals surface area (Å²) >= 11 is 0. The molecule has 220 valence electrons. The summed E-state index contributed by atoms with van der Waals surface area (Å²) in [6.45, 7) is 15.8. The number of nitrogens with zero attached hydrogens (tertiary/aromatic N) is 4. The molecule has 0 fully saturated rings. The van der Waals surface area contributed by atoms with Gasteiger partial charge in [-0.2, -0.15) is 5.10 Å². The molecule has 2 heterocycles. The van der Waals surface area contributed by atoms with Crippen LogP contribution >= 0.6 is 0 Å². The van der Waals surface area contributed by atoms with Crippen LogP contribution in [0.5, 0.6) is 5.75 Å². The minimum Gasteiger partial charge on any atom is -0.486 e. The van der Waals surface area contributed by atoms with Gasteiger partial charge >= 0.3 is 0 Å². The van der Waals surface area contributed by atoms with Crippen LogP contribution in [0.1, 0.15) is 50.0 Å². The Morgan fingerprint density at radius 1 is 1.09 bits per heavy atom. The molecular formula is C33H34N6O4. The molecule has 1 aromatic heterocycles. The molecule has 10 heteroatoms. The number of rotatable bonds is 8. The summed E-state index contributed by atoms with van der Waals surface area (Å²) in [5, 5.41) is 11.1. The molecule has 10 nitrogen and oxygen atoms in total. The summed E-state index contributed by atoms with van der Waals surface area (Å²) < 4.78 is 7.86. The van der Waals surface area contributed by atoms with Crippen LogP contribution in [0, 0.1) is 12.5 Å². The third kappa shape index (κ3) is 5.66. The van der Waals surface area contributed by atoms with Crippen molar-refractivity contribution in [2.75, 3.05) is 11.4 Å². The first-order valence-electron chi connectivity index (χ1n) is 14.4. The van der Waals surface area contributed by atoms with E-state index in [1.165, 1.54) is 0 Å². The number of fused-ring (bicyclic) bond motifs is 2. The van der Waals surface area contributed by atoms with Gasteiger partial charge in [0.15, 0.2) is 0 Å². The van der Waals surface area contributed by atoms with Gasteiger partial charge in [-0.15, -0.1) is 0 Å². The molecule has 4 aromatic rings. The molecule has 3 amide bonds. The van der Waals surface area contributed by atoms with Gasteiger partial charge in [-0.3, -0.25) is 14.4 Å². The van der Waals surface area contributed by atoms with Crippen molar-refractivity contribution in [3.8, 4) is 11.4 Å². The van der Waals surface area contributed by atoms with Crippen molar-refractivity contribution in [1.82, 2.24) is 20.4 Å². The highest BCUT2D eigenvalue weighted by Crippen LogP contribution is 2.36. The lowest BCUT2D eigenvalue weighted by Crippen LogP contribution is -2.54. The topological polar surface area (TPSA) is 110 Å². The highest BCUT2D eigenvalue weighted by Gasteiger charge is 2.38. The van der Waals surface area contributed by atoms with E-state index in [0.717, 1.165) is 16.5 Å². The van der Waals surface area contributed by atoms with Gasteiger partial charge in [-0.25, -0.2) is 9.53 Å². The Morgan fingerprint density at radius 3 is 2.63 bits per heavy atom. The van der Waals surface area contributed by atoms with Crippen LogP contribution < -0.4 is 20.3 Å². The van der Waals surface area contributed by atoms with Gasteiger partial charge in [0.1, 0.15) is 17.9 Å². The van der Waals surface area contributed by atoms with Gasteiger partial charge in [-0.1, -0.05) is 38.1 Å². The van der Waals surface area contributed by atoms with Crippen molar-refractivity contribution in [3.63, 3.8) is 0 Å². The quantitative estimate of drug-likeness (QED) is 0.280. The van der Waals surface area contributed by atoms with Crippen molar-refractivity contribution in [3.05, 3.63) is 89.4 Å². The fraction of sp³-hybridized carbons (Fsp3) is 0.303. The van der Waals surface area contributed by atoms with Gasteiger partial charge in [0.2, 0.25) is 17.5 Å². The van der Waals surface area contributed by atoms with Gasteiger partial charge in [0.05, 0.1) is 36.2 Å². The number of anilines is 1. The third-order valence-electron chi connectivity index (χ3n) is 7.78. The standard InChI is InChI=1S/C33H34N6O4/c1-6-20(3)31(40)37-30-21(4)43-29-14-9-8-12-28(29)38(33(30)42)19-23-11-10-13-26-24(23)18-36-39(26)27-16-15-22(17-25(27)34-5)32(41)35-7-2/h8-18,20-21,30H,6-7,19H2,1-4H3,(H,35,41)(H,37,40)/t20-,21+,30+/m1/s1. The molecule has 1 aliphatic rings. The number of ether oxygens (including phenoxy) is 1. The second kappa shape index (κ2) is 12.4. The van der Waals surface area contributed by atoms with Crippen LogP contribution in [0.25, 0.3) is 21.4 Å². The number of amides is 3. The molecule has 5 rings (SSSR count). The van der Waals surface area contributed by atoms with E-state index in [1.54, 1.807) is 40.9 Å². The normalized spacial score (nSPS) is 16.9. The molecule has 0 saturated heterocycles. The van der Waals surface area contributed by atoms with Crippen LogP contribution in [0.3, 0.4) is 0 Å². The molecule has 3 atom stereocenters. The van der Waals surface area contributed by atoms with E-state index in [4.69, 9.17) is 11.3 Å². The van der Waals surface area contributed by atoms with Gasteiger partial charge < -0.3 is 20.3 Å². The smallest absolute Gasteiger partial charge is 0.253 e. The Morgan fingerprint density at radius 2 is 1.88 bits per heavy atom. The minimum atomic E-state index is -0.875. The fourth-order valence-electron chi connectivity index (χ4n) is 5.17. The van der Waals surface area contributed by atoms with Crippen LogP contribution in [-0.4, -0.2) is 46.2 Å². The number of para-hydroxylation sites is 2. The van der Waals surface area contributed by atoms with E-state index < -0.39 is 12.1 Å². The summed E-state index contributed by atoms with van der Waals surface area (Å²) in [5.74, 6) is -0.394. The van der Waals surface area contributed by atoms with Crippen molar-refractivity contribution in [1.29, 1.82) is 0 Å².